The second-order valence-corrected chi connectivity index (χ2v) is 4.62. The van der Waals surface area contributed by atoms with Crippen LogP contribution in [0.4, 0.5) is 0 Å². The molecule has 1 aromatic heterocycles. The molecule has 1 aromatic carbocycles. The molecule has 0 amide bonds. The first-order valence-electron chi connectivity index (χ1n) is 6.22. The number of H-pyrrole nitrogens is 2. The van der Waals surface area contributed by atoms with E-state index in [1.165, 1.54) is 0 Å². The van der Waals surface area contributed by atoms with Crippen LogP contribution in [0.2, 0.25) is 0 Å². The topological polar surface area (TPSA) is 90.1 Å². The Labute approximate surface area is 110 Å². The minimum atomic E-state index is -0.525. The van der Waals surface area contributed by atoms with Gasteiger partial charge >= 0.3 is 5.69 Å². The number of aliphatic hydroxyl groups is 1. The third-order valence-corrected chi connectivity index (χ3v) is 3.06. The van der Waals surface area contributed by atoms with Crippen molar-refractivity contribution in [2.24, 2.45) is 0 Å². The van der Waals surface area contributed by atoms with Crippen molar-refractivity contribution < 1.29 is 9.84 Å². The van der Waals surface area contributed by atoms with Gasteiger partial charge in [-0.3, -0.25) is 0 Å². The molecule has 2 rings (SSSR count). The van der Waals surface area contributed by atoms with Gasteiger partial charge in [0, 0.05) is 19.7 Å². The van der Waals surface area contributed by atoms with Crippen LogP contribution < -0.4 is 11.0 Å². The fraction of sp³-hybridized carbons (Fsp3) is 0.462. The van der Waals surface area contributed by atoms with Crippen molar-refractivity contribution in [3.63, 3.8) is 0 Å². The summed E-state index contributed by atoms with van der Waals surface area (Å²) >= 11 is 0. The smallest absolute Gasteiger partial charge is 0.323 e. The average molecular weight is 265 g/mol. The lowest BCUT2D eigenvalue weighted by Crippen LogP contribution is -2.31. The Balaban J connectivity index is 2.04. The highest BCUT2D eigenvalue weighted by Gasteiger charge is 2.09. The fourth-order valence-electron chi connectivity index (χ4n) is 2.00. The molecule has 104 valence electrons. The molecule has 0 fully saturated rings. The molecule has 2 atom stereocenters. The molecular formula is C13H19N3O3. The summed E-state index contributed by atoms with van der Waals surface area (Å²) < 4.78 is 4.87. The van der Waals surface area contributed by atoms with Crippen LogP contribution in [0.3, 0.4) is 0 Å². The zero-order chi connectivity index (χ0) is 13.8. The van der Waals surface area contributed by atoms with Crippen LogP contribution in [0.25, 0.3) is 11.0 Å². The molecule has 0 saturated heterocycles. The summed E-state index contributed by atoms with van der Waals surface area (Å²) in [5.41, 5.74) is 2.42. The highest BCUT2D eigenvalue weighted by molar-refractivity contribution is 5.75. The van der Waals surface area contributed by atoms with E-state index in [-0.39, 0.29) is 11.7 Å². The van der Waals surface area contributed by atoms with Gasteiger partial charge in [0.2, 0.25) is 0 Å². The van der Waals surface area contributed by atoms with Crippen LogP contribution >= 0.6 is 0 Å². The number of ether oxygens (including phenoxy) is 1. The minimum Gasteiger partial charge on any atom is -0.389 e. The van der Waals surface area contributed by atoms with Gasteiger partial charge in [-0.15, -0.1) is 0 Å². The van der Waals surface area contributed by atoms with Crippen molar-refractivity contribution in [1.29, 1.82) is 0 Å². The first-order chi connectivity index (χ1) is 9.10. The molecule has 2 unspecified atom stereocenters. The Hall–Kier alpha value is -1.63. The van der Waals surface area contributed by atoms with Crippen molar-refractivity contribution in [3.8, 4) is 0 Å². The van der Waals surface area contributed by atoms with E-state index in [2.05, 4.69) is 15.3 Å². The molecule has 0 aliphatic carbocycles. The summed E-state index contributed by atoms with van der Waals surface area (Å²) in [6.07, 6.45) is -0.525. The lowest BCUT2D eigenvalue weighted by molar-refractivity contribution is 0.0630. The number of imidazole rings is 1. The lowest BCUT2D eigenvalue weighted by atomic mass is 10.1. The first-order valence-corrected chi connectivity index (χ1v) is 6.22. The van der Waals surface area contributed by atoms with E-state index in [0.29, 0.717) is 13.2 Å². The number of hydrogen-bond donors (Lipinski definition) is 4. The van der Waals surface area contributed by atoms with Crippen molar-refractivity contribution in [2.75, 3.05) is 20.3 Å². The molecule has 0 saturated carbocycles. The van der Waals surface area contributed by atoms with E-state index in [1.54, 1.807) is 7.11 Å². The van der Waals surface area contributed by atoms with Crippen LogP contribution in [-0.4, -0.2) is 41.4 Å². The van der Waals surface area contributed by atoms with E-state index in [9.17, 15) is 9.90 Å². The highest BCUT2D eigenvalue weighted by Crippen LogP contribution is 2.16. The monoisotopic (exact) mass is 265 g/mol. The van der Waals surface area contributed by atoms with Crippen LogP contribution in [0.15, 0.2) is 23.0 Å². The number of hydrogen-bond acceptors (Lipinski definition) is 4. The zero-order valence-corrected chi connectivity index (χ0v) is 11.1. The van der Waals surface area contributed by atoms with E-state index in [4.69, 9.17) is 4.74 Å². The van der Waals surface area contributed by atoms with Gasteiger partial charge in [-0.25, -0.2) is 4.79 Å². The van der Waals surface area contributed by atoms with Gasteiger partial charge in [-0.05, 0) is 24.6 Å². The zero-order valence-electron chi connectivity index (χ0n) is 11.1. The quantitative estimate of drug-likeness (QED) is 0.613. The maximum Gasteiger partial charge on any atom is 0.323 e. The molecule has 19 heavy (non-hydrogen) atoms. The number of rotatable bonds is 6. The summed E-state index contributed by atoms with van der Waals surface area (Å²) in [5.74, 6) is 0. The summed E-state index contributed by atoms with van der Waals surface area (Å²) in [5, 5.41) is 12.8. The van der Waals surface area contributed by atoms with Gasteiger partial charge in [-0.2, -0.15) is 0 Å². The fourth-order valence-corrected chi connectivity index (χ4v) is 2.00. The van der Waals surface area contributed by atoms with Gasteiger partial charge in [0.25, 0.3) is 0 Å². The van der Waals surface area contributed by atoms with E-state index in [1.807, 2.05) is 25.1 Å². The Morgan fingerprint density at radius 2 is 2.11 bits per heavy atom. The van der Waals surface area contributed by atoms with E-state index >= 15 is 0 Å². The predicted molar refractivity (Wildman–Crippen MR) is 73.2 cm³/mol. The third-order valence-electron chi connectivity index (χ3n) is 3.06. The number of aromatic amines is 2. The van der Waals surface area contributed by atoms with Gasteiger partial charge in [0.1, 0.15) is 0 Å². The molecule has 0 radical (unpaired) electrons. The van der Waals surface area contributed by atoms with Crippen molar-refractivity contribution >= 4 is 11.0 Å². The largest absolute Gasteiger partial charge is 0.389 e. The van der Waals surface area contributed by atoms with Crippen molar-refractivity contribution in [1.82, 2.24) is 15.3 Å². The normalized spacial score (nSPS) is 14.7. The Kier molecular flexibility index (Phi) is 4.36. The van der Waals surface area contributed by atoms with Crippen LogP contribution in [0, 0.1) is 0 Å². The number of aliphatic hydroxyl groups excluding tert-OH is 1. The molecule has 4 N–H and O–H groups in total. The summed E-state index contributed by atoms with van der Waals surface area (Å²) in [6.45, 7) is 2.77. The second-order valence-electron chi connectivity index (χ2n) is 4.62. The molecule has 0 bridgehead atoms. The van der Waals surface area contributed by atoms with Crippen molar-refractivity contribution in [3.05, 3.63) is 34.2 Å². The van der Waals surface area contributed by atoms with E-state index in [0.717, 1.165) is 16.6 Å². The van der Waals surface area contributed by atoms with Crippen LogP contribution in [0.1, 0.15) is 18.5 Å². The first kappa shape index (κ1) is 13.8. The SMILES string of the molecule is COCC(O)CNC(C)c1ccc2[nH]c(=O)[nH]c2c1. The van der Waals surface area contributed by atoms with Gasteiger partial charge in [0.05, 0.1) is 23.7 Å². The molecule has 0 aliphatic heterocycles. The molecule has 6 nitrogen and oxygen atoms in total. The molecule has 6 heteroatoms. The molecule has 2 aromatic rings. The number of aromatic nitrogens is 2. The van der Waals surface area contributed by atoms with Crippen molar-refractivity contribution in [2.45, 2.75) is 19.1 Å². The van der Waals surface area contributed by atoms with Gasteiger partial charge in [-0.1, -0.05) is 6.07 Å². The van der Waals surface area contributed by atoms with Gasteiger partial charge in [0.15, 0.2) is 0 Å². The number of nitrogens with one attached hydrogen (secondary N) is 3. The highest BCUT2D eigenvalue weighted by atomic mass is 16.5. The standard InChI is InChI=1S/C13H19N3O3/c1-8(14-6-10(17)7-19-2)9-3-4-11-12(5-9)16-13(18)15-11/h3-5,8,10,14,17H,6-7H2,1-2H3,(H2,15,16,18). The lowest BCUT2D eigenvalue weighted by Gasteiger charge is -2.17. The Morgan fingerprint density at radius 3 is 2.84 bits per heavy atom. The Bertz CT molecular complexity index is 590. The predicted octanol–water partition coefficient (Wildman–Crippen LogP) is 0.514. The van der Waals surface area contributed by atoms with Gasteiger partial charge < -0.3 is 25.1 Å². The van der Waals surface area contributed by atoms with Crippen LogP contribution in [0.5, 0.6) is 0 Å². The van der Waals surface area contributed by atoms with Crippen LogP contribution in [-0.2, 0) is 4.74 Å². The third kappa shape index (κ3) is 3.44. The number of benzene rings is 1. The summed E-state index contributed by atoms with van der Waals surface area (Å²) in [4.78, 5) is 16.6. The molecule has 0 aliphatic rings. The number of methoxy groups -OCH3 is 1. The molecule has 1 heterocycles. The van der Waals surface area contributed by atoms with E-state index < -0.39 is 6.10 Å². The molecule has 0 spiro atoms. The molecular weight excluding hydrogens is 246 g/mol. The maximum absolute atomic E-state index is 11.2. The minimum absolute atomic E-state index is 0.0781. The maximum atomic E-state index is 11.2. The number of fused-ring (bicyclic) bond motifs is 1. The second kappa shape index (κ2) is 6.01. The Morgan fingerprint density at radius 1 is 1.37 bits per heavy atom. The summed E-state index contributed by atoms with van der Waals surface area (Å²) in [6, 6.07) is 5.82. The summed E-state index contributed by atoms with van der Waals surface area (Å²) in [7, 11) is 1.56. The average Bonchev–Trinajstić information content (AvgIpc) is 2.75.